The Kier molecular flexibility index (Phi) is 5.23. The fourth-order valence-corrected chi connectivity index (χ4v) is 4.08. The van der Waals surface area contributed by atoms with E-state index in [0.29, 0.717) is 12.5 Å². The fraction of sp³-hybridized carbons (Fsp3) is 0.476. The minimum absolute atomic E-state index is 0.192. The molecule has 0 bridgehead atoms. The Balaban J connectivity index is 1.36. The standard InChI is InChI=1S/C21H27N5O/c1-2-25-10-6-19-13-18(14-23-21(19)25)12-17-4-3-8-26(9-5-17)20(27)15-24-11-7-22-16-24/h6-7,10-11,13-14,16-17H,2-5,8-9,12,15H2,1H3. The van der Waals surface area contributed by atoms with Crippen molar-refractivity contribution in [1.29, 1.82) is 0 Å². The van der Waals surface area contributed by atoms with Crippen LogP contribution in [0.15, 0.2) is 43.2 Å². The number of imidazole rings is 1. The number of carbonyl (C=O) groups excluding carboxylic acids is 1. The number of hydrogen-bond acceptors (Lipinski definition) is 3. The molecule has 0 spiro atoms. The number of nitrogens with zero attached hydrogens (tertiary/aromatic N) is 5. The molecule has 0 aliphatic carbocycles. The Morgan fingerprint density at radius 1 is 1.26 bits per heavy atom. The molecule has 1 saturated heterocycles. The van der Waals surface area contributed by atoms with E-state index in [-0.39, 0.29) is 5.91 Å². The zero-order chi connectivity index (χ0) is 18.6. The van der Waals surface area contributed by atoms with Gasteiger partial charge in [0.15, 0.2) is 0 Å². The Hall–Kier alpha value is -2.63. The number of fused-ring (bicyclic) bond motifs is 1. The SMILES string of the molecule is CCn1ccc2cc(CC3CCCN(C(=O)Cn4ccnc4)CC3)cnc21. The zero-order valence-electron chi connectivity index (χ0n) is 15.9. The van der Waals surface area contributed by atoms with Crippen molar-refractivity contribution in [2.75, 3.05) is 13.1 Å². The molecule has 142 valence electrons. The van der Waals surface area contributed by atoms with Crippen LogP contribution in [0.3, 0.4) is 0 Å². The van der Waals surface area contributed by atoms with E-state index in [2.05, 4.69) is 39.8 Å². The number of aromatic nitrogens is 4. The van der Waals surface area contributed by atoms with E-state index >= 15 is 0 Å². The van der Waals surface area contributed by atoms with E-state index in [0.717, 1.165) is 44.5 Å². The van der Waals surface area contributed by atoms with Gasteiger partial charge in [-0.05, 0) is 56.2 Å². The summed E-state index contributed by atoms with van der Waals surface area (Å²) in [6, 6.07) is 4.43. The van der Waals surface area contributed by atoms with Crippen LogP contribution in [0.25, 0.3) is 11.0 Å². The number of hydrogen-bond donors (Lipinski definition) is 0. The molecule has 4 heterocycles. The predicted molar refractivity (Wildman–Crippen MR) is 105 cm³/mol. The van der Waals surface area contributed by atoms with Gasteiger partial charge in [0.2, 0.25) is 5.91 Å². The molecule has 27 heavy (non-hydrogen) atoms. The molecule has 1 fully saturated rings. The van der Waals surface area contributed by atoms with Gasteiger partial charge in [0, 0.05) is 49.8 Å². The van der Waals surface area contributed by atoms with Crippen molar-refractivity contribution in [3.63, 3.8) is 0 Å². The molecule has 6 heteroatoms. The average molecular weight is 365 g/mol. The number of pyridine rings is 1. The lowest BCUT2D eigenvalue weighted by Crippen LogP contribution is -2.34. The number of carbonyl (C=O) groups is 1. The van der Waals surface area contributed by atoms with E-state index < -0.39 is 0 Å². The highest BCUT2D eigenvalue weighted by atomic mass is 16.2. The monoisotopic (exact) mass is 365 g/mol. The fourth-order valence-electron chi connectivity index (χ4n) is 4.08. The van der Waals surface area contributed by atoms with Gasteiger partial charge in [-0.15, -0.1) is 0 Å². The molecule has 1 aliphatic heterocycles. The summed E-state index contributed by atoms with van der Waals surface area (Å²) in [5.74, 6) is 0.807. The van der Waals surface area contributed by atoms with Gasteiger partial charge in [0.25, 0.3) is 0 Å². The molecule has 0 saturated carbocycles. The normalized spacial score (nSPS) is 18.0. The Morgan fingerprint density at radius 3 is 3.00 bits per heavy atom. The van der Waals surface area contributed by atoms with Crippen LogP contribution in [-0.4, -0.2) is 43.0 Å². The molecule has 0 aromatic carbocycles. The van der Waals surface area contributed by atoms with Crippen LogP contribution in [-0.2, 0) is 24.3 Å². The maximum absolute atomic E-state index is 12.5. The lowest BCUT2D eigenvalue weighted by molar-refractivity contribution is -0.131. The van der Waals surface area contributed by atoms with Crippen LogP contribution >= 0.6 is 0 Å². The number of amides is 1. The van der Waals surface area contributed by atoms with E-state index in [4.69, 9.17) is 0 Å². The molecule has 3 aromatic rings. The smallest absolute Gasteiger partial charge is 0.242 e. The summed E-state index contributed by atoms with van der Waals surface area (Å²) in [5.41, 5.74) is 2.37. The maximum Gasteiger partial charge on any atom is 0.242 e. The van der Waals surface area contributed by atoms with E-state index in [1.54, 1.807) is 12.5 Å². The first-order valence-electron chi connectivity index (χ1n) is 9.90. The molecule has 3 aromatic heterocycles. The Labute approximate surface area is 159 Å². The molecule has 0 N–H and O–H groups in total. The summed E-state index contributed by atoms with van der Waals surface area (Å²) in [6.45, 7) is 5.18. The van der Waals surface area contributed by atoms with Crippen molar-refractivity contribution in [2.45, 2.75) is 45.7 Å². The third kappa shape index (κ3) is 4.04. The van der Waals surface area contributed by atoms with E-state index in [9.17, 15) is 4.79 Å². The van der Waals surface area contributed by atoms with Crippen molar-refractivity contribution >= 4 is 16.9 Å². The lowest BCUT2D eigenvalue weighted by Gasteiger charge is -2.21. The largest absolute Gasteiger partial charge is 0.341 e. The molecule has 0 radical (unpaired) electrons. The van der Waals surface area contributed by atoms with Crippen molar-refractivity contribution in [1.82, 2.24) is 24.0 Å². The van der Waals surface area contributed by atoms with Gasteiger partial charge in [-0.2, -0.15) is 0 Å². The highest BCUT2D eigenvalue weighted by Crippen LogP contribution is 2.24. The number of aryl methyl sites for hydroxylation is 1. The molecular weight excluding hydrogens is 338 g/mol. The molecule has 1 aliphatic rings. The average Bonchev–Trinajstić information content (AvgIpc) is 3.26. The quantitative estimate of drug-likeness (QED) is 0.698. The van der Waals surface area contributed by atoms with Gasteiger partial charge < -0.3 is 14.0 Å². The van der Waals surface area contributed by atoms with Crippen LogP contribution in [0.2, 0.25) is 0 Å². The second kappa shape index (κ2) is 7.94. The summed E-state index contributed by atoms with van der Waals surface area (Å²) < 4.78 is 4.02. The van der Waals surface area contributed by atoms with Gasteiger partial charge in [0.1, 0.15) is 12.2 Å². The van der Waals surface area contributed by atoms with Crippen LogP contribution in [0.4, 0.5) is 0 Å². The molecule has 1 unspecified atom stereocenters. The first-order valence-corrected chi connectivity index (χ1v) is 9.90. The Bertz CT molecular complexity index is 899. The first kappa shape index (κ1) is 17.8. The Morgan fingerprint density at radius 2 is 2.19 bits per heavy atom. The lowest BCUT2D eigenvalue weighted by atomic mass is 9.93. The van der Waals surface area contributed by atoms with Gasteiger partial charge in [-0.1, -0.05) is 0 Å². The summed E-state index contributed by atoms with van der Waals surface area (Å²) in [4.78, 5) is 23.2. The van der Waals surface area contributed by atoms with Crippen LogP contribution < -0.4 is 0 Å². The molecule has 1 amide bonds. The molecular formula is C21H27N5O. The van der Waals surface area contributed by atoms with Crippen LogP contribution in [0.5, 0.6) is 0 Å². The maximum atomic E-state index is 12.5. The van der Waals surface area contributed by atoms with Crippen molar-refractivity contribution in [3.05, 3.63) is 48.8 Å². The molecule has 1 atom stereocenters. The van der Waals surface area contributed by atoms with Crippen molar-refractivity contribution in [2.24, 2.45) is 5.92 Å². The summed E-state index contributed by atoms with van der Waals surface area (Å²) in [6.07, 6.45) is 13.7. The second-order valence-electron chi connectivity index (χ2n) is 7.48. The predicted octanol–water partition coefficient (Wildman–Crippen LogP) is 3.12. The summed E-state index contributed by atoms with van der Waals surface area (Å²) in [5, 5.41) is 1.22. The molecule has 4 rings (SSSR count). The third-order valence-electron chi connectivity index (χ3n) is 5.60. The van der Waals surface area contributed by atoms with Gasteiger partial charge in [0.05, 0.1) is 6.33 Å². The van der Waals surface area contributed by atoms with Gasteiger partial charge in [-0.3, -0.25) is 4.79 Å². The van der Waals surface area contributed by atoms with Crippen molar-refractivity contribution < 1.29 is 4.79 Å². The van der Waals surface area contributed by atoms with Crippen LogP contribution in [0, 0.1) is 5.92 Å². The minimum Gasteiger partial charge on any atom is -0.341 e. The van der Waals surface area contributed by atoms with Crippen LogP contribution in [0.1, 0.15) is 31.7 Å². The molecule has 6 nitrogen and oxygen atoms in total. The first-order chi connectivity index (χ1) is 13.2. The highest BCUT2D eigenvalue weighted by Gasteiger charge is 2.21. The number of likely N-dealkylation sites (tertiary alicyclic amines) is 1. The summed E-state index contributed by atoms with van der Waals surface area (Å²) >= 11 is 0. The highest BCUT2D eigenvalue weighted by molar-refractivity contribution is 5.77. The van der Waals surface area contributed by atoms with E-state index in [1.165, 1.54) is 17.4 Å². The van der Waals surface area contributed by atoms with Crippen molar-refractivity contribution in [3.8, 4) is 0 Å². The van der Waals surface area contributed by atoms with Gasteiger partial charge in [-0.25, -0.2) is 9.97 Å². The van der Waals surface area contributed by atoms with Gasteiger partial charge >= 0.3 is 0 Å². The zero-order valence-corrected chi connectivity index (χ0v) is 15.9. The topological polar surface area (TPSA) is 56.0 Å². The number of rotatable bonds is 5. The third-order valence-corrected chi connectivity index (χ3v) is 5.60. The van der Waals surface area contributed by atoms with E-state index in [1.807, 2.05) is 21.9 Å². The second-order valence-corrected chi connectivity index (χ2v) is 7.48. The minimum atomic E-state index is 0.192. The summed E-state index contributed by atoms with van der Waals surface area (Å²) in [7, 11) is 0.